The lowest BCUT2D eigenvalue weighted by molar-refractivity contribution is -0.146. The number of ether oxygens (including phenoxy) is 1. The van der Waals surface area contributed by atoms with Gasteiger partial charge in [-0.25, -0.2) is 0 Å². The summed E-state index contributed by atoms with van der Waals surface area (Å²) in [5.74, 6) is -2.15. The predicted octanol–water partition coefficient (Wildman–Crippen LogP) is 7.55. The van der Waals surface area contributed by atoms with E-state index >= 15 is 0 Å². The fraction of sp³-hybridized carbons (Fsp3) is 0.162. The zero-order valence-electron chi connectivity index (χ0n) is 24.0. The Hall–Kier alpha value is -4.65. The number of hydrogen-bond acceptors (Lipinski definition) is 4. The molecule has 1 aliphatic heterocycles. The topological polar surface area (TPSA) is 75.7 Å². The second-order valence-corrected chi connectivity index (χ2v) is 13.0. The average molecular weight is 634 g/mol. The molecule has 1 fully saturated rings. The average Bonchev–Trinajstić information content (AvgIpc) is 3.34. The van der Waals surface area contributed by atoms with Crippen LogP contribution >= 0.6 is 23.2 Å². The van der Waals surface area contributed by atoms with Crippen molar-refractivity contribution in [3.05, 3.63) is 138 Å². The monoisotopic (exact) mass is 632 g/mol. The number of halogens is 2. The quantitative estimate of drug-likeness (QED) is 0.160. The number of nitrogens with zero attached hydrogens (tertiary/aromatic N) is 1. The largest absolute Gasteiger partial charge is 0.457 e. The molecule has 8 heteroatoms. The highest BCUT2D eigenvalue weighted by atomic mass is 35.5. The van der Waals surface area contributed by atoms with Gasteiger partial charge in [0.15, 0.2) is 0 Å². The highest BCUT2D eigenvalue weighted by Gasteiger charge is 2.73. The Morgan fingerprint density at radius 1 is 0.689 bits per heavy atom. The van der Waals surface area contributed by atoms with Crippen molar-refractivity contribution in [2.24, 2.45) is 11.8 Å². The first-order valence-electron chi connectivity index (χ1n) is 14.7. The number of carbonyl (C=O) groups excluding carboxylic acids is 3. The normalized spacial score (nSPS) is 25.0. The molecular formula is C37H26Cl2N2O4. The third-order valence-corrected chi connectivity index (χ3v) is 10.7. The van der Waals surface area contributed by atoms with Crippen LogP contribution in [0, 0.1) is 11.8 Å². The molecule has 2 bridgehead atoms. The van der Waals surface area contributed by atoms with Crippen molar-refractivity contribution in [3.63, 3.8) is 0 Å². The van der Waals surface area contributed by atoms with Crippen LogP contribution in [0.15, 0.2) is 115 Å². The van der Waals surface area contributed by atoms with E-state index in [1.807, 2.05) is 91.0 Å². The number of anilines is 1. The molecular weight excluding hydrogens is 607 g/mol. The number of hydrogen-bond donors (Lipinski definition) is 1. The Bertz CT molecular complexity index is 1940. The minimum absolute atomic E-state index is 0.497. The van der Waals surface area contributed by atoms with Crippen molar-refractivity contribution in [3.8, 4) is 11.5 Å². The third kappa shape index (κ3) is 3.85. The van der Waals surface area contributed by atoms with Gasteiger partial charge in [-0.3, -0.25) is 19.3 Å². The summed E-state index contributed by atoms with van der Waals surface area (Å²) >= 11 is 15.0. The van der Waals surface area contributed by atoms with Gasteiger partial charge in [0, 0.05) is 5.69 Å². The van der Waals surface area contributed by atoms with E-state index in [-0.39, 0.29) is 0 Å². The maximum Gasteiger partial charge on any atom is 0.247 e. The maximum atomic E-state index is 14.2. The fourth-order valence-electron chi connectivity index (χ4n) is 7.41. The first kappa shape index (κ1) is 27.9. The third-order valence-electron chi connectivity index (χ3n) is 9.46. The predicted molar refractivity (Wildman–Crippen MR) is 174 cm³/mol. The molecule has 4 aliphatic rings. The van der Waals surface area contributed by atoms with E-state index in [2.05, 4.69) is 5.32 Å². The Labute approximate surface area is 269 Å². The Morgan fingerprint density at radius 3 is 1.69 bits per heavy atom. The fourth-order valence-corrected chi connectivity index (χ4v) is 8.51. The second kappa shape index (κ2) is 9.93. The highest BCUT2D eigenvalue weighted by molar-refractivity contribution is 6.36. The molecule has 3 aliphatic carbocycles. The molecule has 1 N–H and O–H groups in total. The summed E-state index contributed by atoms with van der Waals surface area (Å²) in [6.07, 6.45) is 0. The summed E-state index contributed by atoms with van der Waals surface area (Å²) in [4.78, 5) is 40.3. The van der Waals surface area contributed by atoms with Crippen LogP contribution in [0.25, 0.3) is 10.8 Å². The van der Waals surface area contributed by atoms with Crippen LogP contribution in [0.2, 0.25) is 0 Å². The molecule has 0 spiro atoms. The van der Waals surface area contributed by atoms with Crippen LogP contribution < -0.4 is 10.1 Å². The summed E-state index contributed by atoms with van der Waals surface area (Å²) in [5, 5.41) is 5.03. The smallest absolute Gasteiger partial charge is 0.247 e. The van der Waals surface area contributed by atoms with Gasteiger partial charge >= 0.3 is 0 Å². The molecule has 6 nitrogen and oxygen atoms in total. The van der Waals surface area contributed by atoms with Crippen LogP contribution in [-0.2, 0) is 24.1 Å². The number of fused-ring (bicyclic) bond motifs is 1. The van der Waals surface area contributed by atoms with E-state index in [9.17, 15) is 14.4 Å². The van der Waals surface area contributed by atoms with E-state index in [1.165, 1.54) is 0 Å². The zero-order valence-corrected chi connectivity index (χ0v) is 25.5. The molecule has 1 heterocycles. The van der Waals surface area contributed by atoms with Crippen molar-refractivity contribution in [1.82, 2.24) is 4.90 Å². The van der Waals surface area contributed by atoms with Gasteiger partial charge in [-0.15, -0.1) is 23.2 Å². The maximum absolute atomic E-state index is 14.2. The van der Waals surface area contributed by atoms with Gasteiger partial charge in [-0.2, -0.15) is 0 Å². The standard InChI is InChI=1S/C37H26Cl2N2O4/c1-21(33(42)40-24-15-18-25(19-16-24)45-26-17-14-22-8-2-3-9-23(22)20-26)41-34(43)31-32(35(41)44)37(39)28-11-5-4-10-27(28)36(31,38)29-12-6-7-13-30(29)37/h2-21,31-32H,1H3,(H,40,42)/t21-,31-,32+,36?,37?/m1/s1. The first-order valence-corrected chi connectivity index (χ1v) is 15.5. The number of nitrogens with one attached hydrogen (secondary N) is 1. The minimum atomic E-state index is -1.30. The van der Waals surface area contributed by atoms with Crippen molar-refractivity contribution in [2.45, 2.75) is 22.7 Å². The van der Waals surface area contributed by atoms with Crippen LogP contribution in [0.1, 0.15) is 29.2 Å². The van der Waals surface area contributed by atoms with Crippen molar-refractivity contribution in [2.75, 3.05) is 5.32 Å². The van der Waals surface area contributed by atoms with Crippen LogP contribution in [0.3, 0.4) is 0 Å². The highest BCUT2D eigenvalue weighted by Crippen LogP contribution is 2.69. The van der Waals surface area contributed by atoms with Gasteiger partial charge < -0.3 is 10.1 Å². The van der Waals surface area contributed by atoms with Gasteiger partial charge in [-0.1, -0.05) is 78.9 Å². The molecule has 0 radical (unpaired) electrons. The molecule has 9 rings (SSSR count). The van der Waals surface area contributed by atoms with E-state index in [0.29, 0.717) is 39.4 Å². The van der Waals surface area contributed by atoms with Crippen LogP contribution in [-0.4, -0.2) is 28.7 Å². The van der Waals surface area contributed by atoms with Gasteiger partial charge in [0.05, 0.1) is 11.8 Å². The molecule has 0 saturated carbocycles. The first-order chi connectivity index (χ1) is 21.7. The molecule has 5 aromatic rings. The summed E-state index contributed by atoms with van der Waals surface area (Å²) < 4.78 is 6.02. The number of benzene rings is 5. The molecule has 3 atom stereocenters. The molecule has 3 amide bonds. The Morgan fingerprint density at radius 2 is 1.16 bits per heavy atom. The lowest BCUT2D eigenvalue weighted by Crippen LogP contribution is -2.57. The summed E-state index contributed by atoms with van der Waals surface area (Å²) in [6, 6.07) is 34.6. The number of rotatable bonds is 5. The summed E-state index contributed by atoms with van der Waals surface area (Å²) in [6.45, 7) is 1.55. The summed E-state index contributed by atoms with van der Waals surface area (Å²) in [7, 11) is 0. The van der Waals surface area contributed by atoms with E-state index < -0.39 is 45.3 Å². The molecule has 1 saturated heterocycles. The number of alkyl halides is 2. The number of imide groups is 1. The Balaban J connectivity index is 1.05. The van der Waals surface area contributed by atoms with Gasteiger partial charge in [0.2, 0.25) is 17.7 Å². The second-order valence-electron chi connectivity index (χ2n) is 11.8. The number of carbonyl (C=O) groups is 3. The lowest BCUT2D eigenvalue weighted by Gasteiger charge is -2.54. The number of likely N-dealkylation sites (tertiary alicyclic amines) is 1. The minimum Gasteiger partial charge on any atom is -0.457 e. The SMILES string of the molecule is C[C@H](C(=O)Nc1ccc(Oc2ccc3ccccc3c2)cc1)N1C(=O)[C@@H]2[C@H](C1=O)C1(Cl)c3ccccc3C2(Cl)c2ccccc21. The zero-order chi connectivity index (χ0) is 31.1. The van der Waals surface area contributed by atoms with Crippen molar-refractivity contribution >= 4 is 57.4 Å². The van der Waals surface area contributed by atoms with E-state index in [4.69, 9.17) is 27.9 Å². The van der Waals surface area contributed by atoms with Crippen LogP contribution in [0.5, 0.6) is 11.5 Å². The Kier molecular flexibility index (Phi) is 6.15. The van der Waals surface area contributed by atoms with Crippen LogP contribution in [0.4, 0.5) is 5.69 Å². The lowest BCUT2D eigenvalue weighted by atomic mass is 9.54. The molecule has 5 aromatic carbocycles. The van der Waals surface area contributed by atoms with E-state index in [1.54, 1.807) is 31.2 Å². The molecule has 0 unspecified atom stereocenters. The molecule has 0 aromatic heterocycles. The molecule has 222 valence electrons. The van der Waals surface area contributed by atoms with Gasteiger partial charge in [0.1, 0.15) is 27.3 Å². The van der Waals surface area contributed by atoms with E-state index in [0.717, 1.165) is 15.7 Å². The number of amides is 3. The van der Waals surface area contributed by atoms with Crippen molar-refractivity contribution < 1.29 is 19.1 Å². The summed E-state index contributed by atoms with van der Waals surface area (Å²) in [5.41, 5.74) is 3.36. The van der Waals surface area contributed by atoms with Gasteiger partial charge in [-0.05, 0) is 76.3 Å². The van der Waals surface area contributed by atoms with Gasteiger partial charge in [0.25, 0.3) is 0 Å². The van der Waals surface area contributed by atoms with Crippen molar-refractivity contribution in [1.29, 1.82) is 0 Å². The molecule has 45 heavy (non-hydrogen) atoms.